The number of aryl methyl sites for hydroxylation is 2. The van der Waals surface area contributed by atoms with E-state index in [1.807, 2.05) is 18.2 Å². The molecule has 2 N–H and O–H groups in total. The van der Waals surface area contributed by atoms with Crippen LogP contribution in [0, 0.1) is 5.92 Å². The van der Waals surface area contributed by atoms with Crippen LogP contribution in [0.3, 0.4) is 0 Å². The van der Waals surface area contributed by atoms with Crippen molar-refractivity contribution in [2.24, 2.45) is 14.1 Å². The molecule has 0 bridgehead atoms. The molecule has 0 unspecified atom stereocenters. The molecule has 4 heterocycles. The number of aromatic nitrogens is 5. The summed E-state index contributed by atoms with van der Waals surface area (Å²) < 4.78 is 35.5. The molecule has 0 spiro atoms. The molecular formula is C36H32Cl2F2MnN8O4. The topological polar surface area (TPSA) is 136 Å². The van der Waals surface area contributed by atoms with Crippen LogP contribution in [-0.2, 0) is 42.4 Å². The van der Waals surface area contributed by atoms with E-state index in [-0.39, 0.29) is 50.7 Å². The van der Waals surface area contributed by atoms with E-state index in [4.69, 9.17) is 32.9 Å². The fraction of sp³-hybridized carbons (Fsp3) is 0.306. The van der Waals surface area contributed by atoms with E-state index in [1.165, 1.54) is 20.0 Å². The number of carbonyl (C=O) groups excluding carboxylic acids is 1. The van der Waals surface area contributed by atoms with Gasteiger partial charge in [-0.2, -0.15) is 12.8 Å². The van der Waals surface area contributed by atoms with E-state index in [0.717, 1.165) is 52.6 Å². The summed E-state index contributed by atoms with van der Waals surface area (Å²) in [5, 5.41) is 5.98. The van der Waals surface area contributed by atoms with Crippen molar-refractivity contribution in [1.29, 1.82) is 0 Å². The summed E-state index contributed by atoms with van der Waals surface area (Å²) in [5.41, 5.74) is 3.06. The van der Waals surface area contributed by atoms with Crippen LogP contribution in [0.1, 0.15) is 42.3 Å². The number of amides is 1. The molecule has 1 atom stereocenters. The second-order valence-corrected chi connectivity index (χ2v) is 13.4. The Hall–Kier alpha value is -4.40. The minimum atomic E-state index is -3.08. The smallest absolute Gasteiger partial charge is 0.554 e. The van der Waals surface area contributed by atoms with Crippen molar-refractivity contribution < 1.29 is 35.4 Å². The van der Waals surface area contributed by atoms with Crippen LogP contribution >= 0.6 is 23.2 Å². The third kappa shape index (κ3) is 6.92. The van der Waals surface area contributed by atoms with E-state index in [0.29, 0.717) is 39.8 Å². The molecule has 5 aromatic rings. The number of benzene rings is 2. The van der Waals surface area contributed by atoms with Crippen LogP contribution in [-0.4, -0.2) is 62.1 Å². The predicted molar refractivity (Wildman–Crippen MR) is 194 cm³/mol. The molecule has 17 heteroatoms. The fourth-order valence-corrected chi connectivity index (χ4v) is 7.72. The van der Waals surface area contributed by atoms with Crippen molar-refractivity contribution in [1.82, 2.24) is 34.3 Å². The first-order chi connectivity index (χ1) is 25.0. The second kappa shape index (κ2) is 15.5. The second-order valence-electron chi connectivity index (χ2n) is 12.7. The number of likely N-dealkylation sites (tertiary alicyclic amines) is 1. The molecular weight excluding hydrogens is 772 g/mol. The number of ether oxygens (including phenoxy) is 1. The molecule has 12 nitrogen and oxygen atoms in total. The first-order valence-electron chi connectivity index (χ1n) is 16.4. The van der Waals surface area contributed by atoms with Crippen LogP contribution in [0.4, 0.5) is 20.3 Å². The molecule has 1 aliphatic carbocycles. The summed E-state index contributed by atoms with van der Waals surface area (Å²) in [4.78, 5) is 51.5. The van der Waals surface area contributed by atoms with Gasteiger partial charge in [0.25, 0.3) is 12.0 Å². The zero-order valence-electron chi connectivity index (χ0n) is 28.6. The normalized spacial score (nSPS) is 15.8. The van der Waals surface area contributed by atoms with Crippen molar-refractivity contribution in [2.75, 3.05) is 32.1 Å². The molecule has 2 aromatic carbocycles. The van der Waals surface area contributed by atoms with Crippen LogP contribution in [0.15, 0.2) is 52.1 Å². The van der Waals surface area contributed by atoms with Crippen molar-refractivity contribution in [3.63, 3.8) is 0 Å². The first-order valence-corrected chi connectivity index (χ1v) is 17.1. The Balaban J connectivity index is 0.00000481. The Labute approximate surface area is 323 Å². The fourth-order valence-electron chi connectivity index (χ4n) is 7.12. The molecule has 275 valence electrons. The average Bonchev–Trinajstić information content (AvgIpc) is 3.80. The standard InChI is InChI=1S/C36H32Cl2F2N8O4.Mn/c1-46-33-27(35(50)47(2)36(46)51)31(44-32(45-33)30(39)40)42-23-9-5-7-21(29(23)38)20-6-4-8-22(28(20)37)24-14-19-10-11-25(26(19)34(43-24)52-3)48-13-12-18(16-48)15-41-17-49;/h4-9,14,25,30H,10-13,15-16H2,1-3H3,(H,41,49)(H,42,44,45);/q-2;+2/t25-;/m0./s1. The van der Waals surface area contributed by atoms with Gasteiger partial charge >= 0.3 is 22.8 Å². The number of halogens is 4. The third-order valence-corrected chi connectivity index (χ3v) is 10.5. The molecule has 7 rings (SSSR count). The minimum Gasteiger partial charge on any atom is -0.554 e. The molecule has 1 radical (unpaired) electrons. The van der Waals surface area contributed by atoms with Gasteiger partial charge in [-0.3, -0.25) is 19.8 Å². The number of anilines is 2. The summed E-state index contributed by atoms with van der Waals surface area (Å²) >= 11 is 14.1. The van der Waals surface area contributed by atoms with Crippen molar-refractivity contribution in [2.45, 2.75) is 31.7 Å². The SMILES string of the molecule is COc1nc(-c2cccc(-c3cccc(Nc4nc(C(F)F)nc5c4c(=O)n(C)c(=O)n5C)c3Cl)c2Cl)cc2c1[C@@H](N1CC[C-](CN[C-]=O)C1)CC2.[Mn+2]. The number of pyridine rings is 1. The quantitative estimate of drug-likeness (QED) is 0.104. The van der Waals surface area contributed by atoms with Crippen molar-refractivity contribution >= 4 is 52.2 Å². The van der Waals surface area contributed by atoms with Gasteiger partial charge < -0.3 is 25.1 Å². The predicted octanol–water partition coefficient (Wildman–Crippen LogP) is 5.67. The minimum absolute atomic E-state index is 0. The van der Waals surface area contributed by atoms with E-state index in [1.54, 1.807) is 37.8 Å². The summed E-state index contributed by atoms with van der Waals surface area (Å²) in [6.45, 7) is 2.18. The van der Waals surface area contributed by atoms with E-state index >= 15 is 0 Å². The Morgan fingerprint density at radius 1 is 1.04 bits per heavy atom. The number of nitrogens with zero attached hydrogens (tertiary/aromatic N) is 6. The summed E-state index contributed by atoms with van der Waals surface area (Å²) in [6.07, 6.45) is 1.31. The van der Waals surface area contributed by atoms with E-state index in [9.17, 15) is 23.2 Å². The number of alkyl halides is 2. The maximum Gasteiger partial charge on any atom is 2.00 e. The molecule has 1 aliphatic heterocycles. The maximum absolute atomic E-state index is 13.9. The van der Waals surface area contributed by atoms with Gasteiger partial charge in [0.15, 0.2) is 11.5 Å². The number of methoxy groups -OCH3 is 1. The van der Waals surface area contributed by atoms with Crippen LogP contribution in [0.5, 0.6) is 5.88 Å². The van der Waals surface area contributed by atoms with Crippen molar-refractivity contribution in [3.8, 4) is 28.3 Å². The van der Waals surface area contributed by atoms with Gasteiger partial charge in [0.05, 0.1) is 28.5 Å². The van der Waals surface area contributed by atoms with Gasteiger partial charge in [-0.25, -0.2) is 28.5 Å². The average molecular weight is 805 g/mol. The van der Waals surface area contributed by atoms with Gasteiger partial charge in [-0.05, 0) is 37.1 Å². The molecule has 3 aromatic heterocycles. The Kier molecular flexibility index (Phi) is 11.2. The van der Waals surface area contributed by atoms with Gasteiger partial charge in [0.2, 0.25) is 5.88 Å². The number of rotatable bonds is 10. The third-order valence-electron chi connectivity index (χ3n) is 9.68. The van der Waals surface area contributed by atoms with Crippen LogP contribution < -0.4 is 26.6 Å². The number of hydrogen-bond donors (Lipinski definition) is 2. The Morgan fingerprint density at radius 2 is 1.75 bits per heavy atom. The number of hydrogen-bond acceptors (Lipinski definition) is 9. The Morgan fingerprint density at radius 3 is 2.47 bits per heavy atom. The molecule has 0 saturated carbocycles. The molecule has 53 heavy (non-hydrogen) atoms. The number of nitrogens with one attached hydrogen (secondary N) is 2. The van der Waals surface area contributed by atoms with Crippen LogP contribution in [0.25, 0.3) is 33.4 Å². The first kappa shape index (κ1) is 38.3. The molecule has 2 aliphatic rings. The molecule has 1 amide bonds. The largest absolute Gasteiger partial charge is 2.00 e. The summed E-state index contributed by atoms with van der Waals surface area (Å²) in [5.74, 6) is 0.681. The van der Waals surface area contributed by atoms with Gasteiger partial charge in [0.1, 0.15) is 11.2 Å². The van der Waals surface area contributed by atoms with Gasteiger partial charge in [0, 0.05) is 42.4 Å². The van der Waals surface area contributed by atoms with Gasteiger partial charge in [-0.1, -0.05) is 53.5 Å². The van der Waals surface area contributed by atoms with E-state index < -0.39 is 23.5 Å². The van der Waals surface area contributed by atoms with Crippen molar-refractivity contribution in [3.05, 3.63) is 96.2 Å². The summed E-state index contributed by atoms with van der Waals surface area (Å²) in [7, 11) is 4.21. The molecule has 1 fully saturated rings. The number of fused-ring (bicyclic) bond motifs is 2. The van der Waals surface area contributed by atoms with Gasteiger partial charge in [-0.15, -0.1) is 13.1 Å². The van der Waals surface area contributed by atoms with E-state index in [2.05, 4.69) is 25.5 Å². The maximum atomic E-state index is 13.9. The summed E-state index contributed by atoms with van der Waals surface area (Å²) in [6, 6.07) is 12.7. The monoisotopic (exact) mass is 803 g/mol. The zero-order chi connectivity index (χ0) is 36.8. The van der Waals surface area contributed by atoms with Crippen LogP contribution in [0.2, 0.25) is 10.0 Å². The molecule has 1 saturated heterocycles. The Bertz CT molecular complexity index is 2360. The zero-order valence-corrected chi connectivity index (χ0v) is 31.3.